The molecule has 0 spiro atoms. The lowest BCUT2D eigenvalue weighted by atomic mass is 10.0. The molecule has 0 unspecified atom stereocenters. The first-order chi connectivity index (χ1) is 17.6. The molecule has 0 saturated carbocycles. The van der Waals surface area contributed by atoms with E-state index in [0.717, 1.165) is 65.9 Å². The largest absolute Gasteiger partial charge is 0.297 e. The van der Waals surface area contributed by atoms with Crippen LogP contribution in [0.2, 0.25) is 5.02 Å². The fraction of sp³-hybridized carbons (Fsp3) is 0.276. The molecule has 1 atom stereocenters. The minimum Gasteiger partial charge on any atom is -0.297 e. The summed E-state index contributed by atoms with van der Waals surface area (Å²) in [6.45, 7) is 8.95. The summed E-state index contributed by atoms with van der Waals surface area (Å²) in [6, 6.07) is 24.7. The molecule has 5 rings (SSSR count). The van der Waals surface area contributed by atoms with E-state index in [-0.39, 0.29) is 6.04 Å². The zero-order valence-electron chi connectivity index (χ0n) is 20.8. The molecule has 1 aliphatic rings. The number of nitrogens with zero attached hydrogens (tertiary/aromatic N) is 6. The molecule has 7 heteroatoms. The smallest absolute Gasteiger partial charge is 0.178 e. The molecule has 0 amide bonds. The molecule has 36 heavy (non-hydrogen) atoms. The summed E-state index contributed by atoms with van der Waals surface area (Å²) in [4.78, 5) is 4.97. The van der Waals surface area contributed by atoms with E-state index >= 15 is 0 Å². The first kappa shape index (κ1) is 24.4. The number of benzene rings is 3. The minimum atomic E-state index is -0.0710. The molecule has 1 aromatic heterocycles. The Morgan fingerprint density at radius 2 is 1.56 bits per heavy atom. The van der Waals surface area contributed by atoms with E-state index < -0.39 is 0 Å². The quantitative estimate of drug-likeness (QED) is 0.343. The second-order valence-corrected chi connectivity index (χ2v) is 9.73. The Kier molecular flexibility index (Phi) is 7.56. The monoisotopic (exact) mass is 498 g/mol. The third-order valence-electron chi connectivity index (χ3n) is 6.82. The number of para-hydroxylation sites is 1. The summed E-state index contributed by atoms with van der Waals surface area (Å²) in [5, 5.41) is 13.8. The molecular weight excluding hydrogens is 468 g/mol. The van der Waals surface area contributed by atoms with E-state index in [9.17, 15) is 0 Å². The number of hydrogen-bond acceptors (Lipinski definition) is 5. The average molecular weight is 499 g/mol. The molecule has 0 N–H and O–H groups in total. The van der Waals surface area contributed by atoms with Crippen molar-refractivity contribution in [2.24, 2.45) is 0 Å². The molecule has 0 aliphatic carbocycles. The Morgan fingerprint density at radius 3 is 2.25 bits per heavy atom. The molecule has 0 radical (unpaired) electrons. The van der Waals surface area contributed by atoms with Gasteiger partial charge >= 0.3 is 0 Å². The van der Waals surface area contributed by atoms with Gasteiger partial charge in [-0.25, -0.2) is 0 Å². The summed E-state index contributed by atoms with van der Waals surface area (Å²) in [5.41, 5.74) is 5.71. The molecule has 0 bridgehead atoms. The zero-order chi connectivity index (χ0) is 24.9. The summed E-state index contributed by atoms with van der Waals surface area (Å²) < 4.78 is 1.92. The third kappa shape index (κ3) is 5.41. The highest BCUT2D eigenvalue weighted by Gasteiger charge is 2.31. The highest BCUT2D eigenvalue weighted by Crippen LogP contribution is 2.31. The van der Waals surface area contributed by atoms with Gasteiger partial charge in [-0.3, -0.25) is 9.80 Å². The van der Waals surface area contributed by atoms with Crippen molar-refractivity contribution in [1.29, 1.82) is 0 Å². The molecule has 2 heterocycles. The van der Waals surface area contributed by atoms with Crippen LogP contribution >= 0.6 is 11.6 Å². The lowest BCUT2D eigenvalue weighted by molar-refractivity contribution is 0.113. The Morgan fingerprint density at radius 1 is 0.861 bits per heavy atom. The van der Waals surface area contributed by atoms with E-state index in [2.05, 4.69) is 106 Å². The Hall–Kier alpha value is -3.32. The van der Waals surface area contributed by atoms with Crippen LogP contribution in [0.25, 0.3) is 11.8 Å². The van der Waals surface area contributed by atoms with E-state index in [1.165, 1.54) is 5.56 Å². The second kappa shape index (κ2) is 11.2. The van der Waals surface area contributed by atoms with Gasteiger partial charge in [0.1, 0.15) is 0 Å². The van der Waals surface area contributed by atoms with Crippen LogP contribution in [0.1, 0.15) is 34.1 Å². The molecule has 1 saturated heterocycles. The van der Waals surface area contributed by atoms with Gasteiger partial charge in [0.15, 0.2) is 5.82 Å². The average Bonchev–Trinajstić information content (AvgIpc) is 3.36. The third-order valence-corrected chi connectivity index (χ3v) is 7.07. The normalized spacial score (nSPS) is 16.0. The van der Waals surface area contributed by atoms with Gasteiger partial charge in [-0.05, 0) is 58.7 Å². The Labute approximate surface area is 217 Å². The molecular formula is C29H31ClN6. The highest BCUT2D eigenvalue weighted by atomic mass is 35.5. The summed E-state index contributed by atoms with van der Waals surface area (Å²) in [6.07, 6.45) is 4.45. The highest BCUT2D eigenvalue weighted by molar-refractivity contribution is 6.30. The predicted molar refractivity (Wildman–Crippen MR) is 145 cm³/mol. The number of aromatic nitrogens is 4. The van der Waals surface area contributed by atoms with Crippen LogP contribution in [0.5, 0.6) is 0 Å². The van der Waals surface area contributed by atoms with E-state index in [1.807, 2.05) is 22.9 Å². The van der Waals surface area contributed by atoms with Gasteiger partial charge < -0.3 is 0 Å². The number of piperazine rings is 1. The van der Waals surface area contributed by atoms with E-state index in [1.54, 1.807) is 0 Å². The first-order valence-corrected chi connectivity index (χ1v) is 12.8. The van der Waals surface area contributed by atoms with Gasteiger partial charge in [0.25, 0.3) is 0 Å². The second-order valence-electron chi connectivity index (χ2n) is 9.29. The topological polar surface area (TPSA) is 50.1 Å². The molecule has 1 fully saturated rings. The van der Waals surface area contributed by atoms with Gasteiger partial charge in [0.05, 0.1) is 11.7 Å². The van der Waals surface area contributed by atoms with Crippen LogP contribution in [0.3, 0.4) is 0 Å². The maximum atomic E-state index is 6.24. The number of halogens is 1. The van der Waals surface area contributed by atoms with Crippen molar-refractivity contribution in [3.63, 3.8) is 0 Å². The SMILES string of the molecule is Cc1cccc(C)c1-n1nnnc1[C@@H](c1ccc(Cl)cc1)N1CCN(CC=Cc2ccccc2)CC1. The van der Waals surface area contributed by atoms with Crippen LogP contribution < -0.4 is 0 Å². The van der Waals surface area contributed by atoms with Crippen LogP contribution in [0.15, 0.2) is 78.9 Å². The van der Waals surface area contributed by atoms with Crippen molar-refractivity contribution >= 4 is 17.7 Å². The first-order valence-electron chi connectivity index (χ1n) is 12.4. The van der Waals surface area contributed by atoms with Gasteiger partial charge in [-0.2, -0.15) is 4.68 Å². The van der Waals surface area contributed by atoms with Crippen LogP contribution in [0, 0.1) is 13.8 Å². The molecule has 4 aromatic rings. The van der Waals surface area contributed by atoms with Crippen molar-refractivity contribution in [2.45, 2.75) is 19.9 Å². The van der Waals surface area contributed by atoms with Gasteiger partial charge in [0.2, 0.25) is 0 Å². The van der Waals surface area contributed by atoms with Gasteiger partial charge in [-0.1, -0.05) is 84.4 Å². The molecule has 1 aliphatic heterocycles. The van der Waals surface area contributed by atoms with Crippen LogP contribution in [-0.2, 0) is 0 Å². The maximum absolute atomic E-state index is 6.24. The number of aryl methyl sites for hydroxylation is 2. The standard InChI is InChI=1S/C29H31ClN6/c1-22-8-6-9-23(2)27(22)36-29(31-32-33-36)28(25-13-15-26(30)16-14-25)35-20-18-34(19-21-35)17-7-12-24-10-4-3-5-11-24/h3-16,28H,17-21H2,1-2H3/t28-/m1/s1. The minimum absolute atomic E-state index is 0.0710. The van der Waals surface area contributed by atoms with Crippen molar-refractivity contribution in [2.75, 3.05) is 32.7 Å². The Bertz CT molecular complexity index is 1290. The van der Waals surface area contributed by atoms with Gasteiger partial charge in [-0.15, -0.1) is 5.10 Å². The lowest BCUT2D eigenvalue weighted by Gasteiger charge is -2.38. The Balaban J connectivity index is 1.39. The summed E-state index contributed by atoms with van der Waals surface area (Å²) in [5.74, 6) is 0.826. The van der Waals surface area contributed by atoms with Crippen LogP contribution in [-0.4, -0.2) is 62.7 Å². The number of tetrazole rings is 1. The predicted octanol–water partition coefficient (Wildman–Crippen LogP) is 5.35. The van der Waals surface area contributed by atoms with Crippen molar-refractivity contribution in [3.05, 3.63) is 112 Å². The van der Waals surface area contributed by atoms with Crippen molar-refractivity contribution < 1.29 is 0 Å². The number of rotatable bonds is 7. The molecule has 3 aromatic carbocycles. The van der Waals surface area contributed by atoms with Crippen molar-refractivity contribution in [3.8, 4) is 5.69 Å². The van der Waals surface area contributed by atoms with E-state index in [4.69, 9.17) is 11.6 Å². The van der Waals surface area contributed by atoms with E-state index in [0.29, 0.717) is 0 Å². The lowest BCUT2D eigenvalue weighted by Crippen LogP contribution is -2.48. The number of hydrogen-bond donors (Lipinski definition) is 0. The summed E-state index contributed by atoms with van der Waals surface area (Å²) in [7, 11) is 0. The molecule has 6 nitrogen and oxygen atoms in total. The fourth-order valence-corrected chi connectivity index (χ4v) is 5.06. The molecule has 184 valence electrons. The van der Waals surface area contributed by atoms with Gasteiger partial charge in [0, 0.05) is 37.7 Å². The zero-order valence-corrected chi connectivity index (χ0v) is 21.5. The maximum Gasteiger partial charge on any atom is 0.178 e. The fourth-order valence-electron chi connectivity index (χ4n) is 4.94. The summed E-state index contributed by atoms with van der Waals surface area (Å²) >= 11 is 6.24. The van der Waals surface area contributed by atoms with Crippen molar-refractivity contribution in [1.82, 2.24) is 30.0 Å². The van der Waals surface area contributed by atoms with Crippen LogP contribution in [0.4, 0.5) is 0 Å².